The summed E-state index contributed by atoms with van der Waals surface area (Å²) in [6.07, 6.45) is 6.78. The number of nitrogens with zero attached hydrogens (tertiary/aromatic N) is 1. The minimum Gasteiger partial charge on any atom is -0.466 e. The van der Waals surface area contributed by atoms with Crippen LogP contribution in [0.15, 0.2) is 16.6 Å². The Morgan fingerprint density at radius 3 is 3.08 bits per heavy atom. The van der Waals surface area contributed by atoms with Gasteiger partial charge in [-0.25, -0.2) is 9.78 Å². The average Bonchev–Trinajstić information content (AvgIpc) is 2.61. The molecule has 0 unspecified atom stereocenters. The normalized spacial score (nSPS) is 10.6. The predicted molar refractivity (Wildman–Crippen MR) is 54.9 cm³/mol. The van der Waals surface area contributed by atoms with Gasteiger partial charge in [0, 0.05) is 17.2 Å². The van der Waals surface area contributed by atoms with Crippen molar-refractivity contribution in [2.45, 2.75) is 4.34 Å². The zero-order chi connectivity index (χ0) is 9.68. The van der Waals surface area contributed by atoms with Gasteiger partial charge in [-0.2, -0.15) is 0 Å². The van der Waals surface area contributed by atoms with Crippen LogP contribution < -0.4 is 0 Å². The first-order chi connectivity index (χ1) is 6.26. The zero-order valence-corrected chi connectivity index (χ0v) is 8.95. The van der Waals surface area contributed by atoms with Crippen LogP contribution in [-0.4, -0.2) is 24.3 Å². The lowest BCUT2D eigenvalue weighted by molar-refractivity contribution is -0.134. The Bertz CT molecular complexity index is 320. The van der Waals surface area contributed by atoms with E-state index in [1.54, 1.807) is 35.4 Å². The molecule has 0 bridgehead atoms. The van der Waals surface area contributed by atoms with Gasteiger partial charge in [-0.1, -0.05) is 11.8 Å². The lowest BCUT2D eigenvalue weighted by Crippen LogP contribution is -1.92. The maximum atomic E-state index is 10.7. The largest absolute Gasteiger partial charge is 0.466 e. The van der Waals surface area contributed by atoms with Gasteiger partial charge in [0.25, 0.3) is 0 Å². The van der Waals surface area contributed by atoms with Crippen LogP contribution in [0.3, 0.4) is 0 Å². The third-order valence-electron chi connectivity index (χ3n) is 1.26. The molecule has 5 heteroatoms. The van der Waals surface area contributed by atoms with Gasteiger partial charge in [0.2, 0.25) is 0 Å². The molecule has 0 spiro atoms. The molecule has 13 heavy (non-hydrogen) atoms. The van der Waals surface area contributed by atoms with Gasteiger partial charge in [0.1, 0.15) is 4.34 Å². The number of carbonyl (C=O) groups is 1. The van der Waals surface area contributed by atoms with E-state index in [1.165, 1.54) is 13.2 Å². The average molecular weight is 215 g/mol. The van der Waals surface area contributed by atoms with E-state index in [-0.39, 0.29) is 5.97 Å². The number of aromatic nitrogens is 1. The van der Waals surface area contributed by atoms with Crippen molar-refractivity contribution >= 4 is 35.1 Å². The van der Waals surface area contributed by atoms with Crippen LogP contribution in [-0.2, 0) is 9.53 Å². The number of thioether (sulfide) groups is 1. The second kappa shape index (κ2) is 5.04. The smallest absolute Gasteiger partial charge is 0.330 e. The van der Waals surface area contributed by atoms with Crippen molar-refractivity contribution in [1.82, 2.24) is 4.98 Å². The summed E-state index contributed by atoms with van der Waals surface area (Å²) >= 11 is 3.13. The first-order valence-electron chi connectivity index (χ1n) is 3.52. The molecule has 0 atom stereocenters. The molecular formula is C8H9NO2S2. The molecule has 1 heterocycles. The van der Waals surface area contributed by atoms with Gasteiger partial charge < -0.3 is 4.74 Å². The highest BCUT2D eigenvalue weighted by Crippen LogP contribution is 2.22. The molecule has 0 saturated heterocycles. The molecule has 1 aromatic heterocycles. The van der Waals surface area contributed by atoms with E-state index in [9.17, 15) is 4.79 Å². The Kier molecular flexibility index (Phi) is 3.98. The molecule has 0 amide bonds. The molecule has 70 valence electrons. The number of rotatable bonds is 3. The fourth-order valence-electron chi connectivity index (χ4n) is 0.659. The number of carbonyl (C=O) groups excluding carboxylic acids is 1. The molecule has 0 radical (unpaired) electrons. The number of hydrogen-bond acceptors (Lipinski definition) is 5. The molecule has 0 aromatic carbocycles. The van der Waals surface area contributed by atoms with Gasteiger partial charge in [-0.05, 0) is 12.3 Å². The summed E-state index contributed by atoms with van der Waals surface area (Å²) in [5.74, 6) is -0.348. The summed E-state index contributed by atoms with van der Waals surface area (Å²) in [6.45, 7) is 0. The van der Waals surface area contributed by atoms with Crippen molar-refractivity contribution < 1.29 is 9.53 Å². The molecular weight excluding hydrogens is 206 g/mol. The Morgan fingerprint density at radius 2 is 2.54 bits per heavy atom. The summed E-state index contributed by atoms with van der Waals surface area (Å²) in [4.78, 5) is 15.8. The van der Waals surface area contributed by atoms with Crippen LogP contribution in [0.2, 0.25) is 0 Å². The lowest BCUT2D eigenvalue weighted by Gasteiger charge is -1.87. The second-order valence-corrected chi connectivity index (χ2v) is 4.20. The molecule has 0 fully saturated rings. The third kappa shape index (κ3) is 3.20. The maximum absolute atomic E-state index is 10.7. The Morgan fingerprint density at radius 1 is 1.77 bits per heavy atom. The second-order valence-electron chi connectivity index (χ2n) is 2.09. The third-order valence-corrected chi connectivity index (χ3v) is 3.22. The standard InChI is InChI=1S/C8H9NO2S2/c1-11-7(10)4-3-6-5-9-8(12-2)13-6/h3-5H,1-2H3/b4-3+. The minimum atomic E-state index is -0.348. The number of methoxy groups -OCH3 is 1. The van der Waals surface area contributed by atoms with Gasteiger partial charge >= 0.3 is 5.97 Å². The molecule has 1 aromatic rings. The summed E-state index contributed by atoms with van der Waals surface area (Å²) in [7, 11) is 1.35. The van der Waals surface area contributed by atoms with Crippen LogP contribution in [0, 0.1) is 0 Å². The summed E-state index contributed by atoms with van der Waals surface area (Å²) in [6, 6.07) is 0. The maximum Gasteiger partial charge on any atom is 0.330 e. The SMILES string of the molecule is COC(=O)/C=C/c1cnc(SC)s1. The predicted octanol–water partition coefficient (Wildman–Crippen LogP) is 2.05. The monoisotopic (exact) mass is 215 g/mol. The highest BCUT2D eigenvalue weighted by atomic mass is 32.2. The van der Waals surface area contributed by atoms with E-state index in [0.29, 0.717) is 0 Å². The van der Waals surface area contributed by atoms with Crippen molar-refractivity contribution in [3.05, 3.63) is 17.2 Å². The first-order valence-corrected chi connectivity index (χ1v) is 5.56. The van der Waals surface area contributed by atoms with Crippen molar-refractivity contribution in [2.24, 2.45) is 0 Å². The van der Waals surface area contributed by atoms with E-state index in [4.69, 9.17) is 0 Å². The number of hydrogen-bond donors (Lipinski definition) is 0. The summed E-state index contributed by atoms with van der Waals surface area (Å²) in [5.41, 5.74) is 0. The topological polar surface area (TPSA) is 39.2 Å². The summed E-state index contributed by atoms with van der Waals surface area (Å²) < 4.78 is 5.45. The van der Waals surface area contributed by atoms with Gasteiger partial charge in [0.05, 0.1) is 7.11 Å². The highest BCUT2D eigenvalue weighted by Gasteiger charge is 1.97. The molecule has 0 saturated carbocycles. The van der Waals surface area contributed by atoms with Crippen LogP contribution in [0.25, 0.3) is 6.08 Å². The minimum absolute atomic E-state index is 0.348. The van der Waals surface area contributed by atoms with E-state index in [1.807, 2.05) is 6.26 Å². The van der Waals surface area contributed by atoms with Gasteiger partial charge in [-0.15, -0.1) is 11.3 Å². The fourth-order valence-corrected chi connectivity index (χ4v) is 1.99. The lowest BCUT2D eigenvalue weighted by atomic mass is 10.4. The Balaban J connectivity index is 2.63. The van der Waals surface area contributed by atoms with Crippen LogP contribution >= 0.6 is 23.1 Å². The van der Waals surface area contributed by atoms with Crippen molar-refractivity contribution in [1.29, 1.82) is 0 Å². The van der Waals surface area contributed by atoms with Crippen molar-refractivity contribution in [2.75, 3.05) is 13.4 Å². The molecule has 0 aliphatic rings. The zero-order valence-electron chi connectivity index (χ0n) is 7.31. The van der Waals surface area contributed by atoms with Gasteiger partial charge in [-0.3, -0.25) is 0 Å². The molecule has 3 nitrogen and oxygen atoms in total. The fraction of sp³-hybridized carbons (Fsp3) is 0.250. The van der Waals surface area contributed by atoms with Crippen LogP contribution in [0.5, 0.6) is 0 Å². The highest BCUT2D eigenvalue weighted by molar-refractivity contribution is 8.00. The number of thiazole rings is 1. The van der Waals surface area contributed by atoms with E-state index < -0.39 is 0 Å². The van der Waals surface area contributed by atoms with Crippen LogP contribution in [0.4, 0.5) is 0 Å². The van der Waals surface area contributed by atoms with Gasteiger partial charge in [0.15, 0.2) is 0 Å². The van der Waals surface area contributed by atoms with E-state index in [0.717, 1.165) is 9.22 Å². The van der Waals surface area contributed by atoms with Crippen molar-refractivity contribution in [3.8, 4) is 0 Å². The first kappa shape index (κ1) is 10.3. The quantitative estimate of drug-likeness (QED) is 0.439. The Hall–Kier alpha value is -0.810. The summed E-state index contributed by atoms with van der Waals surface area (Å²) in [5, 5.41) is 0. The molecule has 0 N–H and O–H groups in total. The number of esters is 1. The molecule has 1 rings (SSSR count). The van der Waals surface area contributed by atoms with E-state index in [2.05, 4.69) is 9.72 Å². The van der Waals surface area contributed by atoms with Crippen molar-refractivity contribution in [3.63, 3.8) is 0 Å². The molecule has 0 aliphatic carbocycles. The number of ether oxygens (including phenoxy) is 1. The van der Waals surface area contributed by atoms with Crippen LogP contribution in [0.1, 0.15) is 4.88 Å². The Labute approximate surface area is 84.8 Å². The van der Waals surface area contributed by atoms with E-state index >= 15 is 0 Å². The molecule has 0 aliphatic heterocycles.